The van der Waals surface area contributed by atoms with Gasteiger partial charge >= 0.3 is 6.09 Å². The van der Waals surface area contributed by atoms with Crippen LogP contribution in [0.4, 0.5) is 16.2 Å². The zero-order chi connectivity index (χ0) is 31.7. The molecule has 2 aliphatic rings. The van der Waals surface area contributed by atoms with Crippen molar-refractivity contribution >= 4 is 34.1 Å². The monoisotopic (exact) mass is 603 g/mol. The number of aromatic amines is 1. The highest BCUT2D eigenvalue weighted by Gasteiger charge is 2.27. The highest BCUT2D eigenvalue weighted by molar-refractivity contribution is 5.89. The number of benzene rings is 3. The molecule has 0 aliphatic carbocycles. The molecule has 4 heterocycles. The number of fused-ring (bicyclic) bond motifs is 10. The van der Waals surface area contributed by atoms with E-state index >= 15 is 0 Å². The van der Waals surface area contributed by atoms with Crippen LogP contribution in [-0.4, -0.2) is 40.1 Å². The van der Waals surface area contributed by atoms with Crippen molar-refractivity contribution in [1.82, 2.24) is 14.5 Å². The second-order valence-electron chi connectivity index (χ2n) is 11.4. The summed E-state index contributed by atoms with van der Waals surface area (Å²) in [7, 11) is 1.69. The molecule has 0 saturated carbocycles. The van der Waals surface area contributed by atoms with Crippen molar-refractivity contribution in [3.05, 3.63) is 134 Å². The molecule has 10 heteroatoms. The van der Waals surface area contributed by atoms with E-state index in [0.29, 0.717) is 28.0 Å². The van der Waals surface area contributed by atoms with Gasteiger partial charge in [0.05, 0.1) is 12.3 Å². The number of rotatable bonds is 3. The molecule has 0 saturated heterocycles. The molecule has 2 atom stereocenters. The summed E-state index contributed by atoms with van der Waals surface area (Å²) >= 11 is 0. The van der Waals surface area contributed by atoms with Gasteiger partial charge in [0.1, 0.15) is 6.04 Å². The quantitative estimate of drug-likeness (QED) is 0.251. The number of amides is 2. The van der Waals surface area contributed by atoms with E-state index in [0.717, 1.165) is 22.1 Å². The summed E-state index contributed by atoms with van der Waals surface area (Å²) < 4.78 is 7.07. The molecular weight excluding hydrogens is 570 g/mol. The van der Waals surface area contributed by atoms with E-state index in [2.05, 4.69) is 15.6 Å². The maximum Gasteiger partial charge on any atom is 0.411 e. The fourth-order valence-corrected chi connectivity index (χ4v) is 5.81. The molecule has 3 N–H and O–H groups in total. The maximum atomic E-state index is 14.3. The maximum absolute atomic E-state index is 14.3. The average molecular weight is 604 g/mol. The normalized spacial score (nSPS) is 17.2. The third-order valence-electron chi connectivity index (χ3n) is 8.15. The Kier molecular flexibility index (Phi) is 7.95. The first-order chi connectivity index (χ1) is 21.7. The predicted octanol–water partition coefficient (Wildman–Crippen LogP) is 5.46. The summed E-state index contributed by atoms with van der Waals surface area (Å²) in [6.07, 6.45) is 2.67. The van der Waals surface area contributed by atoms with Gasteiger partial charge in [-0.3, -0.25) is 24.3 Å². The first kappa shape index (κ1) is 29.4. The Morgan fingerprint density at radius 3 is 2.58 bits per heavy atom. The lowest BCUT2D eigenvalue weighted by Gasteiger charge is -2.28. The SMILES string of the molecule is Cc1cc2ccc1[C@@H](C)COC(=O)Nc1ccc(-n3ccccc3=O)c(c1)CN(C)C(=O)[C@@H]2Nc1ccc2cc[nH]c(=O)c2c1. The van der Waals surface area contributed by atoms with Gasteiger partial charge in [0, 0.05) is 54.7 Å². The van der Waals surface area contributed by atoms with Gasteiger partial charge in [0.15, 0.2) is 0 Å². The molecule has 2 aromatic heterocycles. The topological polar surface area (TPSA) is 126 Å². The third kappa shape index (κ3) is 6.08. The number of pyridine rings is 2. The van der Waals surface area contributed by atoms with Crippen molar-refractivity contribution in [3.63, 3.8) is 0 Å². The molecule has 7 rings (SSSR count). The first-order valence-electron chi connectivity index (χ1n) is 14.7. The largest absolute Gasteiger partial charge is 0.449 e. The molecular formula is C35H33N5O5. The lowest BCUT2D eigenvalue weighted by Crippen LogP contribution is -2.35. The van der Waals surface area contributed by atoms with Crippen LogP contribution in [0.25, 0.3) is 16.5 Å². The fraction of sp³-hybridized carbons (Fsp3) is 0.200. The highest BCUT2D eigenvalue weighted by atomic mass is 16.5. The highest BCUT2D eigenvalue weighted by Crippen LogP contribution is 2.30. The second-order valence-corrected chi connectivity index (χ2v) is 11.4. The van der Waals surface area contributed by atoms with Crippen LogP contribution in [0.1, 0.15) is 41.1 Å². The minimum atomic E-state index is -0.798. The number of anilines is 2. The zero-order valence-electron chi connectivity index (χ0n) is 25.2. The van der Waals surface area contributed by atoms with Gasteiger partial charge in [-0.1, -0.05) is 37.3 Å². The van der Waals surface area contributed by atoms with Crippen LogP contribution in [-0.2, 0) is 16.1 Å². The van der Waals surface area contributed by atoms with Crippen LogP contribution in [0.2, 0.25) is 0 Å². The minimum Gasteiger partial charge on any atom is -0.449 e. The summed E-state index contributed by atoms with van der Waals surface area (Å²) in [5.74, 6) is -0.328. The van der Waals surface area contributed by atoms with Crippen molar-refractivity contribution in [3.8, 4) is 5.69 Å². The van der Waals surface area contributed by atoms with E-state index in [4.69, 9.17) is 4.74 Å². The standard InChI is InChI=1S/C35H33N5O5/c1-21-16-24-8-11-28(21)22(2)20-45-35(44)38-26-10-12-30(40-15-5-4-6-31(40)41)25(17-26)19-39(3)34(43)32(24)37-27-9-7-23-13-14-36-33(42)29(23)18-27/h4-18,22,32,37H,19-20H2,1-3H3,(H,36,42)(H,38,44)/t22-,32+/m0/s1. The van der Waals surface area contributed by atoms with Gasteiger partial charge in [-0.15, -0.1) is 0 Å². The molecule has 4 bridgehead atoms. The molecule has 2 amide bonds. The Hall–Kier alpha value is -5.64. The predicted molar refractivity (Wildman–Crippen MR) is 174 cm³/mol. The molecule has 45 heavy (non-hydrogen) atoms. The number of aryl methyl sites for hydroxylation is 1. The Bertz CT molecular complexity index is 2050. The first-order valence-corrected chi connectivity index (χ1v) is 14.7. The van der Waals surface area contributed by atoms with E-state index < -0.39 is 12.1 Å². The Balaban J connectivity index is 1.45. The second kappa shape index (κ2) is 12.2. The van der Waals surface area contributed by atoms with Gasteiger partial charge in [0.25, 0.3) is 11.1 Å². The van der Waals surface area contributed by atoms with Crippen molar-refractivity contribution in [2.75, 3.05) is 24.3 Å². The molecule has 5 aromatic rings. The summed E-state index contributed by atoms with van der Waals surface area (Å²) in [5.41, 5.74) is 4.53. The van der Waals surface area contributed by atoms with E-state index in [1.807, 2.05) is 50.2 Å². The number of carbonyl (C=O) groups excluding carboxylic acids is 2. The van der Waals surface area contributed by atoms with Crippen LogP contribution in [0, 0.1) is 6.92 Å². The number of carbonyl (C=O) groups is 2. The number of nitrogens with zero attached hydrogens (tertiary/aromatic N) is 2. The minimum absolute atomic E-state index is 0.0994. The average Bonchev–Trinajstić information content (AvgIpc) is 3.02. The van der Waals surface area contributed by atoms with Gasteiger partial charge in [0.2, 0.25) is 5.91 Å². The Labute approximate surface area is 259 Å². The smallest absolute Gasteiger partial charge is 0.411 e. The molecule has 228 valence electrons. The third-order valence-corrected chi connectivity index (χ3v) is 8.15. The van der Waals surface area contributed by atoms with Crippen LogP contribution < -0.4 is 21.8 Å². The number of hydrogen-bond donors (Lipinski definition) is 3. The molecule has 10 nitrogen and oxygen atoms in total. The van der Waals surface area contributed by atoms with Gasteiger partial charge in [-0.05, 0) is 77.0 Å². The zero-order valence-corrected chi connectivity index (χ0v) is 25.2. The molecule has 0 unspecified atom stereocenters. The summed E-state index contributed by atoms with van der Waals surface area (Å²) in [6, 6.07) is 22.3. The van der Waals surface area contributed by atoms with Crippen LogP contribution in [0.15, 0.2) is 101 Å². The summed E-state index contributed by atoms with van der Waals surface area (Å²) in [6.45, 7) is 4.23. The van der Waals surface area contributed by atoms with Gasteiger partial charge in [-0.2, -0.15) is 0 Å². The van der Waals surface area contributed by atoms with Crippen LogP contribution >= 0.6 is 0 Å². The molecule has 2 aliphatic heterocycles. The van der Waals surface area contributed by atoms with E-state index in [9.17, 15) is 19.2 Å². The molecule has 0 radical (unpaired) electrons. The number of H-pyrrole nitrogens is 1. The van der Waals surface area contributed by atoms with E-state index in [-0.39, 0.29) is 36.1 Å². The number of nitrogens with one attached hydrogen (secondary N) is 3. The molecule has 3 aromatic carbocycles. The van der Waals surface area contributed by atoms with Gasteiger partial charge in [-0.25, -0.2) is 4.79 Å². The number of aromatic nitrogens is 2. The van der Waals surface area contributed by atoms with E-state index in [1.54, 1.807) is 60.7 Å². The summed E-state index contributed by atoms with van der Waals surface area (Å²) in [4.78, 5) is 56.7. The number of ether oxygens (including phenoxy) is 1. The van der Waals surface area contributed by atoms with E-state index in [1.165, 1.54) is 10.6 Å². The van der Waals surface area contributed by atoms with Gasteiger partial charge < -0.3 is 19.9 Å². The van der Waals surface area contributed by atoms with Crippen LogP contribution in [0.3, 0.4) is 0 Å². The summed E-state index contributed by atoms with van der Waals surface area (Å²) in [5, 5.41) is 7.46. The van der Waals surface area contributed by atoms with Crippen molar-refractivity contribution in [2.24, 2.45) is 0 Å². The van der Waals surface area contributed by atoms with Crippen molar-refractivity contribution in [2.45, 2.75) is 32.4 Å². The lowest BCUT2D eigenvalue weighted by atomic mass is 9.93. The Morgan fingerprint density at radius 2 is 1.78 bits per heavy atom. The number of hydrogen-bond acceptors (Lipinski definition) is 6. The molecule has 0 fully saturated rings. The van der Waals surface area contributed by atoms with Crippen molar-refractivity contribution in [1.29, 1.82) is 0 Å². The van der Waals surface area contributed by atoms with Crippen molar-refractivity contribution < 1.29 is 14.3 Å². The van der Waals surface area contributed by atoms with Crippen LogP contribution in [0.5, 0.6) is 0 Å². The lowest BCUT2D eigenvalue weighted by molar-refractivity contribution is -0.131. The molecule has 0 spiro atoms. The number of likely N-dealkylation sites (N-methyl/N-ethyl adjacent to an activating group) is 1. The fourth-order valence-electron chi connectivity index (χ4n) is 5.81. The Morgan fingerprint density at radius 1 is 0.933 bits per heavy atom.